The van der Waals surface area contributed by atoms with Crippen molar-refractivity contribution < 1.29 is 0 Å². The predicted molar refractivity (Wildman–Crippen MR) is 64.5 cm³/mol. The molecular formula is C14H28. The fourth-order valence-corrected chi connectivity index (χ4v) is 2.90. The van der Waals surface area contributed by atoms with Crippen LogP contribution < -0.4 is 0 Å². The first-order chi connectivity index (χ1) is 6.47. The highest BCUT2D eigenvalue weighted by molar-refractivity contribution is 4.81. The van der Waals surface area contributed by atoms with Crippen LogP contribution in [0.25, 0.3) is 0 Å². The van der Waals surface area contributed by atoms with Crippen molar-refractivity contribution in [3.05, 3.63) is 0 Å². The first-order valence-electron chi connectivity index (χ1n) is 6.47. The normalized spacial score (nSPS) is 33.4. The monoisotopic (exact) mass is 196 g/mol. The summed E-state index contributed by atoms with van der Waals surface area (Å²) in [7, 11) is 0. The molecule has 0 nitrogen and oxygen atoms in total. The molecule has 0 spiro atoms. The average molecular weight is 196 g/mol. The van der Waals surface area contributed by atoms with Crippen LogP contribution in [0, 0.1) is 10.8 Å². The van der Waals surface area contributed by atoms with Gasteiger partial charge in [-0.25, -0.2) is 0 Å². The summed E-state index contributed by atoms with van der Waals surface area (Å²) < 4.78 is 0. The van der Waals surface area contributed by atoms with E-state index in [9.17, 15) is 0 Å². The molecule has 0 radical (unpaired) electrons. The van der Waals surface area contributed by atoms with Gasteiger partial charge in [0.2, 0.25) is 0 Å². The molecule has 1 aliphatic carbocycles. The summed E-state index contributed by atoms with van der Waals surface area (Å²) in [6.07, 6.45) is 11.5. The van der Waals surface area contributed by atoms with E-state index < -0.39 is 0 Å². The van der Waals surface area contributed by atoms with Crippen molar-refractivity contribution in [3.8, 4) is 0 Å². The number of rotatable bonds is 2. The van der Waals surface area contributed by atoms with Crippen LogP contribution in [0.15, 0.2) is 0 Å². The van der Waals surface area contributed by atoms with Crippen molar-refractivity contribution in [2.45, 2.75) is 79.1 Å². The molecule has 0 aromatic rings. The fraction of sp³-hybridized carbons (Fsp3) is 1.00. The summed E-state index contributed by atoms with van der Waals surface area (Å²) in [6, 6.07) is 0. The summed E-state index contributed by atoms with van der Waals surface area (Å²) in [5.74, 6) is 0. The van der Waals surface area contributed by atoms with Crippen molar-refractivity contribution in [2.75, 3.05) is 0 Å². The van der Waals surface area contributed by atoms with E-state index in [1.54, 1.807) is 0 Å². The van der Waals surface area contributed by atoms with E-state index in [2.05, 4.69) is 27.7 Å². The molecule has 84 valence electrons. The Morgan fingerprint density at radius 2 is 1.50 bits per heavy atom. The van der Waals surface area contributed by atoms with Gasteiger partial charge in [-0.2, -0.15) is 0 Å². The molecule has 0 amide bonds. The highest BCUT2D eigenvalue weighted by Crippen LogP contribution is 2.43. The van der Waals surface area contributed by atoms with Gasteiger partial charge in [-0.05, 0) is 42.9 Å². The third-order valence-electron chi connectivity index (χ3n) is 4.14. The van der Waals surface area contributed by atoms with E-state index in [1.165, 1.54) is 51.4 Å². The minimum absolute atomic E-state index is 0.607. The Hall–Kier alpha value is 0. The van der Waals surface area contributed by atoms with Crippen LogP contribution in [0.1, 0.15) is 79.1 Å². The summed E-state index contributed by atoms with van der Waals surface area (Å²) in [4.78, 5) is 0. The first-order valence-corrected chi connectivity index (χ1v) is 6.47. The van der Waals surface area contributed by atoms with Crippen LogP contribution in [0.3, 0.4) is 0 Å². The van der Waals surface area contributed by atoms with Gasteiger partial charge in [0.05, 0.1) is 0 Å². The molecule has 1 rings (SSSR count). The van der Waals surface area contributed by atoms with Crippen LogP contribution in [-0.4, -0.2) is 0 Å². The van der Waals surface area contributed by atoms with Gasteiger partial charge >= 0.3 is 0 Å². The highest BCUT2D eigenvalue weighted by Gasteiger charge is 2.29. The molecule has 0 saturated heterocycles. The van der Waals surface area contributed by atoms with E-state index in [1.807, 2.05) is 0 Å². The molecule has 0 bridgehead atoms. The molecule has 1 fully saturated rings. The molecule has 1 saturated carbocycles. The van der Waals surface area contributed by atoms with Gasteiger partial charge in [0.25, 0.3) is 0 Å². The molecular weight excluding hydrogens is 168 g/mol. The first kappa shape index (κ1) is 12.1. The third-order valence-corrected chi connectivity index (χ3v) is 4.14. The van der Waals surface area contributed by atoms with Gasteiger partial charge in [0.15, 0.2) is 0 Å². The second-order valence-electron chi connectivity index (χ2n) is 6.43. The fourth-order valence-electron chi connectivity index (χ4n) is 2.90. The molecule has 0 N–H and O–H groups in total. The zero-order chi connectivity index (χ0) is 10.7. The van der Waals surface area contributed by atoms with Crippen LogP contribution in [0.2, 0.25) is 0 Å². The average Bonchev–Trinajstić information content (AvgIpc) is 2.09. The third kappa shape index (κ3) is 3.63. The van der Waals surface area contributed by atoms with Gasteiger partial charge in [-0.15, -0.1) is 0 Å². The van der Waals surface area contributed by atoms with Crippen molar-refractivity contribution in [1.82, 2.24) is 0 Å². The van der Waals surface area contributed by atoms with Gasteiger partial charge in [-0.3, -0.25) is 0 Å². The van der Waals surface area contributed by atoms with Crippen molar-refractivity contribution in [2.24, 2.45) is 10.8 Å². The number of hydrogen-bond acceptors (Lipinski definition) is 0. The van der Waals surface area contributed by atoms with E-state index in [4.69, 9.17) is 0 Å². The zero-order valence-electron chi connectivity index (χ0n) is 10.7. The lowest BCUT2D eigenvalue weighted by atomic mass is 9.69. The van der Waals surface area contributed by atoms with Gasteiger partial charge in [0.1, 0.15) is 0 Å². The van der Waals surface area contributed by atoms with Crippen LogP contribution in [-0.2, 0) is 0 Å². The van der Waals surface area contributed by atoms with E-state index in [0.29, 0.717) is 10.8 Å². The van der Waals surface area contributed by atoms with Crippen LogP contribution in [0.4, 0.5) is 0 Å². The van der Waals surface area contributed by atoms with Crippen LogP contribution >= 0.6 is 0 Å². The second kappa shape index (κ2) is 4.68. The topological polar surface area (TPSA) is 0 Å². The van der Waals surface area contributed by atoms with Gasteiger partial charge < -0.3 is 0 Å². The maximum absolute atomic E-state index is 2.51. The molecule has 1 atom stereocenters. The minimum Gasteiger partial charge on any atom is -0.0654 e. The maximum Gasteiger partial charge on any atom is -0.0326 e. The quantitative estimate of drug-likeness (QED) is 0.571. The Morgan fingerprint density at radius 1 is 0.857 bits per heavy atom. The number of hydrogen-bond donors (Lipinski definition) is 0. The Kier molecular flexibility index (Phi) is 4.04. The predicted octanol–water partition coefficient (Wildman–Crippen LogP) is 5.17. The summed E-state index contributed by atoms with van der Waals surface area (Å²) >= 11 is 0. The molecule has 0 aliphatic heterocycles. The lowest BCUT2D eigenvalue weighted by Crippen LogP contribution is -2.23. The molecule has 1 unspecified atom stereocenters. The zero-order valence-corrected chi connectivity index (χ0v) is 10.7. The molecule has 0 aromatic carbocycles. The van der Waals surface area contributed by atoms with E-state index in [-0.39, 0.29) is 0 Å². The van der Waals surface area contributed by atoms with Gasteiger partial charge in [0, 0.05) is 0 Å². The standard InChI is InChI=1S/C14H28/c1-5-8-14(4)10-7-6-9-13(2,3)11-12-14/h5-12H2,1-4H3. The lowest BCUT2D eigenvalue weighted by Gasteiger charge is -2.37. The molecule has 0 aromatic heterocycles. The SMILES string of the molecule is CCCC1(C)CCCCC(C)(C)CC1. The second-order valence-corrected chi connectivity index (χ2v) is 6.43. The largest absolute Gasteiger partial charge is 0.0654 e. The Bertz CT molecular complexity index is 169. The van der Waals surface area contributed by atoms with Crippen molar-refractivity contribution in [1.29, 1.82) is 0 Å². The highest BCUT2D eigenvalue weighted by atomic mass is 14.3. The van der Waals surface area contributed by atoms with E-state index >= 15 is 0 Å². The van der Waals surface area contributed by atoms with Crippen LogP contribution in [0.5, 0.6) is 0 Å². The van der Waals surface area contributed by atoms with Crippen molar-refractivity contribution >= 4 is 0 Å². The Labute approximate surface area is 90.5 Å². The smallest absolute Gasteiger partial charge is 0.0326 e. The van der Waals surface area contributed by atoms with Gasteiger partial charge in [-0.1, -0.05) is 47.0 Å². The summed E-state index contributed by atoms with van der Waals surface area (Å²) in [5.41, 5.74) is 1.27. The summed E-state index contributed by atoms with van der Waals surface area (Å²) in [6.45, 7) is 9.74. The Balaban J connectivity index is 2.54. The summed E-state index contributed by atoms with van der Waals surface area (Å²) in [5, 5.41) is 0. The molecule has 14 heavy (non-hydrogen) atoms. The molecule has 1 aliphatic rings. The molecule has 0 heterocycles. The van der Waals surface area contributed by atoms with Crippen molar-refractivity contribution in [3.63, 3.8) is 0 Å². The molecule has 0 heteroatoms. The van der Waals surface area contributed by atoms with E-state index in [0.717, 1.165) is 0 Å². The lowest BCUT2D eigenvalue weighted by molar-refractivity contribution is 0.154. The Morgan fingerprint density at radius 3 is 2.14 bits per heavy atom. The maximum atomic E-state index is 2.51. The minimum atomic E-state index is 0.607.